The molecule has 0 amide bonds. The van der Waals surface area contributed by atoms with Gasteiger partial charge in [0.1, 0.15) is 23.0 Å². The standard InChI is InChI=1S/C14H21BrN6OSi/c1-20-9-11(8-17-20)18-14-12(7-16)13(15)19-21(14)10-22-5-6-23(2,3)4/h8-9,18H,5-6,10H2,1-4H3. The fraction of sp³-hybridized carbons (Fsp3) is 0.500. The molecule has 0 spiro atoms. The Labute approximate surface area is 145 Å². The Morgan fingerprint density at radius 3 is 2.74 bits per heavy atom. The highest BCUT2D eigenvalue weighted by Crippen LogP contribution is 2.26. The molecule has 124 valence electrons. The minimum atomic E-state index is -1.12. The molecule has 0 unspecified atom stereocenters. The van der Waals surface area contributed by atoms with Crippen molar-refractivity contribution in [3.8, 4) is 6.07 Å². The first-order chi connectivity index (χ1) is 10.8. The summed E-state index contributed by atoms with van der Waals surface area (Å²) in [5.41, 5.74) is 1.24. The molecule has 0 aliphatic rings. The molecule has 7 nitrogen and oxygen atoms in total. The Morgan fingerprint density at radius 2 is 2.17 bits per heavy atom. The minimum Gasteiger partial charge on any atom is -0.359 e. The van der Waals surface area contributed by atoms with E-state index in [0.717, 1.165) is 11.7 Å². The van der Waals surface area contributed by atoms with E-state index >= 15 is 0 Å². The molecule has 0 radical (unpaired) electrons. The highest BCUT2D eigenvalue weighted by atomic mass is 79.9. The number of anilines is 2. The summed E-state index contributed by atoms with van der Waals surface area (Å²) in [6, 6.07) is 3.25. The van der Waals surface area contributed by atoms with Gasteiger partial charge in [-0.2, -0.15) is 15.5 Å². The van der Waals surface area contributed by atoms with Crippen LogP contribution >= 0.6 is 15.9 Å². The number of nitrogens with zero attached hydrogens (tertiary/aromatic N) is 5. The number of rotatable bonds is 7. The van der Waals surface area contributed by atoms with E-state index in [1.807, 2.05) is 13.2 Å². The maximum absolute atomic E-state index is 9.34. The topological polar surface area (TPSA) is 80.7 Å². The number of halogens is 1. The van der Waals surface area contributed by atoms with Crippen LogP contribution in [0.3, 0.4) is 0 Å². The van der Waals surface area contributed by atoms with Crippen LogP contribution in [0.1, 0.15) is 5.56 Å². The summed E-state index contributed by atoms with van der Waals surface area (Å²) in [4.78, 5) is 0. The van der Waals surface area contributed by atoms with Crippen molar-refractivity contribution in [3.63, 3.8) is 0 Å². The van der Waals surface area contributed by atoms with Crippen molar-refractivity contribution in [2.24, 2.45) is 7.05 Å². The van der Waals surface area contributed by atoms with Gasteiger partial charge in [-0.05, 0) is 22.0 Å². The van der Waals surface area contributed by atoms with Gasteiger partial charge in [0.05, 0.1) is 11.9 Å². The molecule has 0 atom stereocenters. The lowest BCUT2D eigenvalue weighted by molar-refractivity contribution is 0.0799. The molecule has 0 bridgehead atoms. The summed E-state index contributed by atoms with van der Waals surface area (Å²) in [6.07, 6.45) is 3.52. The Hall–Kier alpha value is -1.63. The first-order valence-electron chi connectivity index (χ1n) is 7.30. The van der Waals surface area contributed by atoms with Crippen molar-refractivity contribution < 1.29 is 4.74 Å². The average Bonchev–Trinajstić information content (AvgIpc) is 2.98. The van der Waals surface area contributed by atoms with Gasteiger partial charge in [-0.1, -0.05) is 19.6 Å². The lowest BCUT2D eigenvalue weighted by Gasteiger charge is -2.16. The van der Waals surface area contributed by atoms with E-state index in [-0.39, 0.29) is 0 Å². The van der Waals surface area contributed by atoms with E-state index in [2.05, 4.69) is 57.2 Å². The Morgan fingerprint density at radius 1 is 1.43 bits per heavy atom. The number of hydrogen-bond acceptors (Lipinski definition) is 5. The highest BCUT2D eigenvalue weighted by molar-refractivity contribution is 9.10. The van der Waals surface area contributed by atoms with Crippen molar-refractivity contribution in [2.75, 3.05) is 11.9 Å². The van der Waals surface area contributed by atoms with E-state index in [1.165, 1.54) is 0 Å². The van der Waals surface area contributed by atoms with Gasteiger partial charge in [-0.3, -0.25) is 4.68 Å². The summed E-state index contributed by atoms with van der Waals surface area (Å²) in [6.45, 7) is 7.92. The second kappa shape index (κ2) is 7.29. The Bertz CT molecular complexity index is 712. The maximum Gasteiger partial charge on any atom is 0.150 e. The van der Waals surface area contributed by atoms with Gasteiger partial charge in [0.2, 0.25) is 0 Å². The smallest absolute Gasteiger partial charge is 0.150 e. The fourth-order valence-electron chi connectivity index (χ4n) is 1.90. The molecule has 9 heteroatoms. The quantitative estimate of drug-likeness (QED) is 0.573. The third-order valence-corrected chi connectivity index (χ3v) is 5.46. The molecular formula is C14H21BrN6OSi. The van der Waals surface area contributed by atoms with Crippen LogP contribution in [-0.2, 0) is 18.5 Å². The molecule has 0 aliphatic carbocycles. The van der Waals surface area contributed by atoms with E-state index in [4.69, 9.17) is 4.74 Å². The zero-order valence-electron chi connectivity index (χ0n) is 13.8. The number of hydrogen-bond donors (Lipinski definition) is 1. The van der Waals surface area contributed by atoms with Crippen LogP contribution in [-0.4, -0.2) is 34.2 Å². The second-order valence-corrected chi connectivity index (χ2v) is 12.9. The van der Waals surface area contributed by atoms with Crippen molar-refractivity contribution >= 4 is 35.5 Å². The molecule has 0 fully saturated rings. The van der Waals surface area contributed by atoms with Gasteiger partial charge < -0.3 is 10.1 Å². The van der Waals surface area contributed by atoms with E-state index in [9.17, 15) is 5.26 Å². The fourth-order valence-corrected chi connectivity index (χ4v) is 3.13. The third kappa shape index (κ3) is 4.92. The van der Waals surface area contributed by atoms with Gasteiger partial charge in [0.25, 0.3) is 0 Å². The molecule has 0 saturated heterocycles. The third-order valence-electron chi connectivity index (χ3n) is 3.20. The molecule has 0 aliphatic heterocycles. The average molecular weight is 397 g/mol. The molecule has 1 N–H and O–H groups in total. The molecule has 23 heavy (non-hydrogen) atoms. The monoisotopic (exact) mass is 396 g/mol. The lowest BCUT2D eigenvalue weighted by atomic mass is 10.3. The van der Waals surface area contributed by atoms with Gasteiger partial charge in [-0.25, -0.2) is 4.68 Å². The van der Waals surface area contributed by atoms with Gasteiger partial charge in [0, 0.05) is 27.9 Å². The zero-order chi connectivity index (χ0) is 17.0. The van der Waals surface area contributed by atoms with Crippen LogP contribution < -0.4 is 5.32 Å². The van der Waals surface area contributed by atoms with E-state index in [1.54, 1.807) is 15.6 Å². The van der Waals surface area contributed by atoms with Crippen molar-refractivity contribution in [1.29, 1.82) is 5.26 Å². The lowest BCUT2D eigenvalue weighted by Crippen LogP contribution is -2.22. The summed E-state index contributed by atoms with van der Waals surface area (Å²) in [7, 11) is 0.714. The van der Waals surface area contributed by atoms with Gasteiger partial charge in [0.15, 0.2) is 5.82 Å². The molecule has 0 aromatic carbocycles. The van der Waals surface area contributed by atoms with Crippen molar-refractivity contribution in [1.82, 2.24) is 19.6 Å². The van der Waals surface area contributed by atoms with Crippen LogP contribution in [0.15, 0.2) is 17.0 Å². The predicted octanol–water partition coefficient (Wildman–Crippen LogP) is 3.31. The first-order valence-corrected chi connectivity index (χ1v) is 11.8. The minimum absolute atomic E-state index is 0.299. The molecule has 2 rings (SSSR count). The van der Waals surface area contributed by atoms with Crippen LogP contribution in [0.25, 0.3) is 0 Å². The number of nitrogens with one attached hydrogen (secondary N) is 1. The van der Waals surface area contributed by atoms with Crippen LogP contribution in [0.4, 0.5) is 11.5 Å². The first kappa shape index (κ1) is 17.7. The number of ether oxygens (including phenoxy) is 1. The summed E-state index contributed by atoms with van der Waals surface area (Å²) < 4.78 is 9.58. The Kier molecular flexibility index (Phi) is 5.62. The molecule has 2 aromatic rings. The highest BCUT2D eigenvalue weighted by Gasteiger charge is 2.18. The maximum atomic E-state index is 9.34. The van der Waals surface area contributed by atoms with E-state index < -0.39 is 8.07 Å². The van der Waals surface area contributed by atoms with Crippen molar-refractivity contribution in [3.05, 3.63) is 22.6 Å². The largest absolute Gasteiger partial charge is 0.359 e. The second-order valence-electron chi connectivity index (χ2n) is 6.50. The summed E-state index contributed by atoms with van der Waals surface area (Å²) in [5.74, 6) is 0.598. The number of nitriles is 1. The SMILES string of the molecule is Cn1cc(Nc2c(C#N)c(Br)nn2COCC[Si](C)(C)C)cn1. The summed E-state index contributed by atoms with van der Waals surface area (Å²) in [5, 5.41) is 21.0. The van der Waals surface area contributed by atoms with E-state index in [0.29, 0.717) is 29.3 Å². The number of aromatic nitrogens is 4. The number of aryl methyl sites for hydroxylation is 1. The van der Waals surface area contributed by atoms with Crippen molar-refractivity contribution in [2.45, 2.75) is 32.4 Å². The Balaban J connectivity index is 2.11. The summed E-state index contributed by atoms with van der Waals surface area (Å²) >= 11 is 3.32. The van der Waals surface area contributed by atoms with Crippen LogP contribution in [0.2, 0.25) is 25.7 Å². The van der Waals surface area contributed by atoms with Gasteiger partial charge >= 0.3 is 0 Å². The molecule has 2 heterocycles. The molecular weight excluding hydrogens is 376 g/mol. The predicted molar refractivity (Wildman–Crippen MR) is 95.2 cm³/mol. The normalized spacial score (nSPS) is 11.5. The zero-order valence-corrected chi connectivity index (χ0v) is 16.4. The molecule has 2 aromatic heterocycles. The van der Waals surface area contributed by atoms with Crippen LogP contribution in [0.5, 0.6) is 0 Å². The van der Waals surface area contributed by atoms with Gasteiger partial charge in [-0.15, -0.1) is 0 Å². The molecule has 0 saturated carbocycles. The van der Waals surface area contributed by atoms with Crippen LogP contribution in [0, 0.1) is 11.3 Å².